The number of imide groups is 1. The summed E-state index contributed by atoms with van der Waals surface area (Å²) in [6.07, 6.45) is 0.656. The second-order valence-corrected chi connectivity index (χ2v) is 4.46. The van der Waals surface area contributed by atoms with Gasteiger partial charge in [0.1, 0.15) is 10.8 Å². The second-order valence-electron chi connectivity index (χ2n) is 3.71. The normalized spacial score (nSPS) is 14.4. The summed E-state index contributed by atoms with van der Waals surface area (Å²) in [4.78, 5) is 25.0. The molecule has 0 atom stereocenters. The Morgan fingerprint density at radius 1 is 1.24 bits per heavy atom. The summed E-state index contributed by atoms with van der Waals surface area (Å²) in [5.41, 5.74) is 0.184. The average Bonchev–Trinajstić information content (AvgIpc) is 2.52. The van der Waals surface area contributed by atoms with Crippen LogP contribution in [-0.4, -0.2) is 28.4 Å². The van der Waals surface area contributed by atoms with Crippen molar-refractivity contribution in [2.24, 2.45) is 0 Å². The zero-order chi connectivity index (χ0) is 12.7. The van der Waals surface area contributed by atoms with Crippen LogP contribution in [0.3, 0.4) is 0 Å². The fraction of sp³-hybridized carbons (Fsp3) is 0.273. The number of carbonyl (C=O) groups is 2. The predicted molar refractivity (Wildman–Crippen MR) is 63.8 cm³/mol. The van der Waals surface area contributed by atoms with Crippen LogP contribution in [0.5, 0.6) is 5.75 Å². The van der Waals surface area contributed by atoms with E-state index >= 15 is 0 Å². The molecular formula is C11H9Cl2NO3. The number of benzene rings is 1. The predicted octanol–water partition coefficient (Wildman–Crippen LogP) is 2.71. The molecule has 0 bridgehead atoms. The van der Waals surface area contributed by atoms with Gasteiger partial charge < -0.3 is 5.11 Å². The van der Waals surface area contributed by atoms with Crippen LogP contribution in [0.4, 0.5) is 0 Å². The van der Waals surface area contributed by atoms with Crippen LogP contribution >= 0.6 is 23.2 Å². The fourth-order valence-corrected chi connectivity index (χ4v) is 2.22. The van der Waals surface area contributed by atoms with Crippen molar-refractivity contribution in [1.29, 1.82) is 0 Å². The molecule has 2 amide bonds. The molecule has 0 aromatic heterocycles. The number of rotatable bonds is 2. The summed E-state index contributed by atoms with van der Waals surface area (Å²) in [5, 5.41) is 9.31. The summed E-state index contributed by atoms with van der Waals surface area (Å²) in [6.45, 7) is 2.18. The number of aromatic hydroxyl groups is 1. The van der Waals surface area contributed by atoms with Gasteiger partial charge in [-0.25, -0.2) is 0 Å². The van der Waals surface area contributed by atoms with Gasteiger partial charge in [0.15, 0.2) is 0 Å². The molecular weight excluding hydrogens is 265 g/mol. The molecule has 0 aliphatic carbocycles. The van der Waals surface area contributed by atoms with Gasteiger partial charge in [-0.05, 0) is 12.5 Å². The number of phenols is 1. The first-order valence-electron chi connectivity index (χ1n) is 5.06. The molecule has 17 heavy (non-hydrogen) atoms. The number of fused-ring (bicyclic) bond motifs is 1. The zero-order valence-corrected chi connectivity index (χ0v) is 10.5. The van der Waals surface area contributed by atoms with Crippen LogP contribution in [0.1, 0.15) is 34.1 Å². The molecule has 0 saturated carbocycles. The second kappa shape index (κ2) is 4.20. The van der Waals surface area contributed by atoms with E-state index in [1.807, 2.05) is 6.92 Å². The molecule has 0 unspecified atom stereocenters. The molecule has 2 rings (SSSR count). The Labute approximate surface area is 108 Å². The number of phenolic OH excluding ortho intramolecular Hbond substituents is 1. The first-order valence-corrected chi connectivity index (χ1v) is 5.81. The highest BCUT2D eigenvalue weighted by molar-refractivity contribution is 6.46. The van der Waals surface area contributed by atoms with E-state index in [-0.39, 0.29) is 26.9 Å². The van der Waals surface area contributed by atoms with Gasteiger partial charge >= 0.3 is 0 Å². The van der Waals surface area contributed by atoms with E-state index in [0.717, 1.165) is 4.90 Å². The average molecular weight is 274 g/mol. The van der Waals surface area contributed by atoms with E-state index in [2.05, 4.69) is 0 Å². The van der Waals surface area contributed by atoms with Crippen molar-refractivity contribution in [3.05, 3.63) is 27.2 Å². The Bertz CT molecular complexity index is 528. The number of hydrogen-bond acceptors (Lipinski definition) is 3. The van der Waals surface area contributed by atoms with Gasteiger partial charge in [-0.3, -0.25) is 14.5 Å². The van der Waals surface area contributed by atoms with E-state index in [1.54, 1.807) is 0 Å². The van der Waals surface area contributed by atoms with E-state index < -0.39 is 11.8 Å². The molecule has 4 nitrogen and oxygen atoms in total. The Balaban J connectivity index is 2.62. The van der Waals surface area contributed by atoms with Gasteiger partial charge in [-0.2, -0.15) is 0 Å². The molecule has 0 radical (unpaired) electrons. The minimum atomic E-state index is -0.459. The summed E-state index contributed by atoms with van der Waals surface area (Å²) < 4.78 is 0. The van der Waals surface area contributed by atoms with Crippen molar-refractivity contribution >= 4 is 35.0 Å². The van der Waals surface area contributed by atoms with Crippen LogP contribution in [-0.2, 0) is 0 Å². The number of carbonyl (C=O) groups excluding carboxylic acids is 2. The molecule has 0 saturated heterocycles. The van der Waals surface area contributed by atoms with Crippen molar-refractivity contribution in [3.8, 4) is 5.75 Å². The molecule has 1 aliphatic heterocycles. The van der Waals surface area contributed by atoms with Gasteiger partial charge in [0.2, 0.25) is 0 Å². The van der Waals surface area contributed by atoms with Gasteiger partial charge in [0.25, 0.3) is 11.8 Å². The van der Waals surface area contributed by atoms with Gasteiger partial charge in [-0.15, -0.1) is 0 Å². The first kappa shape index (κ1) is 12.2. The number of nitrogens with zero attached hydrogens (tertiary/aromatic N) is 1. The Kier molecular flexibility index (Phi) is 3.02. The minimum Gasteiger partial charge on any atom is -0.506 e. The lowest BCUT2D eigenvalue weighted by Gasteiger charge is -2.11. The van der Waals surface area contributed by atoms with Crippen molar-refractivity contribution in [1.82, 2.24) is 4.90 Å². The van der Waals surface area contributed by atoms with E-state index in [4.69, 9.17) is 23.2 Å². The van der Waals surface area contributed by atoms with Crippen molar-refractivity contribution in [3.63, 3.8) is 0 Å². The van der Waals surface area contributed by atoms with Crippen LogP contribution in [0.25, 0.3) is 0 Å². The lowest BCUT2D eigenvalue weighted by atomic mass is 10.1. The molecule has 1 aromatic rings. The Morgan fingerprint density at radius 2 is 1.88 bits per heavy atom. The zero-order valence-electron chi connectivity index (χ0n) is 8.96. The summed E-state index contributed by atoms with van der Waals surface area (Å²) in [6, 6.07) is 1.18. The lowest BCUT2D eigenvalue weighted by Crippen LogP contribution is -2.30. The highest BCUT2D eigenvalue weighted by atomic mass is 35.5. The minimum absolute atomic E-state index is 0.0707. The first-order chi connectivity index (χ1) is 7.99. The highest BCUT2D eigenvalue weighted by Gasteiger charge is 2.38. The smallest absolute Gasteiger partial charge is 0.263 e. The summed E-state index contributed by atoms with van der Waals surface area (Å²) in [5.74, 6) is -1.20. The van der Waals surface area contributed by atoms with Crippen molar-refractivity contribution < 1.29 is 14.7 Å². The van der Waals surface area contributed by atoms with E-state index in [0.29, 0.717) is 13.0 Å². The molecule has 0 fully saturated rings. The standard InChI is InChI=1S/C11H9Cl2NO3/c1-2-3-14-10(16)5-4-6(15)8(12)9(13)7(5)11(14)17/h4,15H,2-3H2,1H3. The number of halogens is 2. The molecule has 1 aromatic carbocycles. The molecule has 1 aliphatic rings. The third-order valence-corrected chi connectivity index (χ3v) is 3.43. The molecule has 6 heteroatoms. The lowest BCUT2D eigenvalue weighted by molar-refractivity contribution is 0.0654. The number of amides is 2. The topological polar surface area (TPSA) is 57.6 Å². The van der Waals surface area contributed by atoms with E-state index in [1.165, 1.54) is 6.07 Å². The molecule has 90 valence electrons. The maximum absolute atomic E-state index is 12.0. The van der Waals surface area contributed by atoms with Crippen LogP contribution < -0.4 is 0 Å². The quantitative estimate of drug-likeness (QED) is 0.843. The van der Waals surface area contributed by atoms with Crippen molar-refractivity contribution in [2.45, 2.75) is 13.3 Å². The monoisotopic (exact) mass is 273 g/mol. The van der Waals surface area contributed by atoms with Crippen LogP contribution in [0.2, 0.25) is 10.0 Å². The Hall–Kier alpha value is -1.26. The number of hydrogen-bond donors (Lipinski definition) is 1. The third kappa shape index (κ3) is 1.68. The third-order valence-electron chi connectivity index (χ3n) is 2.57. The van der Waals surface area contributed by atoms with Crippen molar-refractivity contribution in [2.75, 3.05) is 6.54 Å². The fourth-order valence-electron chi connectivity index (χ4n) is 1.79. The largest absolute Gasteiger partial charge is 0.506 e. The maximum Gasteiger partial charge on any atom is 0.263 e. The summed E-state index contributed by atoms with van der Waals surface area (Å²) in [7, 11) is 0. The molecule has 1 N–H and O–H groups in total. The highest BCUT2D eigenvalue weighted by Crippen LogP contribution is 2.40. The summed E-state index contributed by atoms with van der Waals surface area (Å²) >= 11 is 11.6. The maximum atomic E-state index is 12.0. The SMILES string of the molecule is CCCN1C(=O)c2cc(O)c(Cl)c(Cl)c2C1=O. The molecule has 0 spiro atoms. The van der Waals surface area contributed by atoms with E-state index in [9.17, 15) is 14.7 Å². The van der Waals surface area contributed by atoms with Gasteiger partial charge in [0, 0.05) is 6.54 Å². The van der Waals surface area contributed by atoms with Crippen LogP contribution in [0, 0.1) is 0 Å². The van der Waals surface area contributed by atoms with Gasteiger partial charge in [-0.1, -0.05) is 30.1 Å². The molecule has 1 heterocycles. The van der Waals surface area contributed by atoms with Crippen LogP contribution in [0.15, 0.2) is 6.07 Å². The Morgan fingerprint density at radius 3 is 2.47 bits per heavy atom. The van der Waals surface area contributed by atoms with Gasteiger partial charge in [0.05, 0.1) is 16.1 Å².